The summed E-state index contributed by atoms with van der Waals surface area (Å²) >= 11 is 1.70. The van der Waals surface area contributed by atoms with Crippen LogP contribution in [0.1, 0.15) is 39.0 Å². The number of halogens is 1. The van der Waals surface area contributed by atoms with Crippen LogP contribution in [-0.2, 0) is 0 Å². The van der Waals surface area contributed by atoms with Crippen molar-refractivity contribution in [3.8, 4) is 0 Å². The maximum Gasteiger partial charge on any atom is 0.138 e. The van der Waals surface area contributed by atoms with Crippen LogP contribution in [0.5, 0.6) is 0 Å². The molecule has 1 aromatic rings. The van der Waals surface area contributed by atoms with Crippen LogP contribution in [0.2, 0.25) is 0 Å². The summed E-state index contributed by atoms with van der Waals surface area (Å²) in [5.74, 6) is 0.570. The van der Waals surface area contributed by atoms with Crippen LogP contribution in [0, 0.1) is 11.7 Å². The smallest absolute Gasteiger partial charge is 0.138 e. The van der Waals surface area contributed by atoms with Gasteiger partial charge in [0.1, 0.15) is 5.82 Å². The standard InChI is InChI=1S/C14H20FNS/c1-2-10-5-3-4-6-13(10)17-14-8-7-11(16)9-12(14)15/h7-10,13H,2-6,16H2,1H3. The summed E-state index contributed by atoms with van der Waals surface area (Å²) in [6, 6.07) is 5.03. The van der Waals surface area contributed by atoms with Gasteiger partial charge >= 0.3 is 0 Å². The van der Waals surface area contributed by atoms with Crippen LogP contribution in [0.15, 0.2) is 23.1 Å². The first-order valence-corrected chi connectivity index (χ1v) is 7.30. The van der Waals surface area contributed by atoms with E-state index in [0.29, 0.717) is 10.9 Å². The Bertz CT molecular complexity index is 380. The van der Waals surface area contributed by atoms with E-state index in [4.69, 9.17) is 5.73 Å². The van der Waals surface area contributed by atoms with E-state index in [1.165, 1.54) is 38.2 Å². The van der Waals surface area contributed by atoms with Gasteiger partial charge in [-0.2, -0.15) is 0 Å². The first kappa shape index (κ1) is 12.7. The van der Waals surface area contributed by atoms with E-state index in [9.17, 15) is 4.39 Å². The number of hydrogen-bond donors (Lipinski definition) is 1. The molecule has 94 valence electrons. The van der Waals surface area contributed by atoms with E-state index >= 15 is 0 Å². The van der Waals surface area contributed by atoms with Gasteiger partial charge in [0.25, 0.3) is 0 Å². The lowest BCUT2D eigenvalue weighted by atomic mass is 9.87. The topological polar surface area (TPSA) is 26.0 Å². The number of thioether (sulfide) groups is 1. The monoisotopic (exact) mass is 253 g/mol. The minimum absolute atomic E-state index is 0.171. The number of nitrogens with two attached hydrogens (primary N) is 1. The van der Waals surface area contributed by atoms with Gasteiger partial charge in [-0.25, -0.2) is 4.39 Å². The highest BCUT2D eigenvalue weighted by Crippen LogP contribution is 2.39. The molecule has 0 aliphatic heterocycles. The van der Waals surface area contributed by atoms with Crippen LogP contribution < -0.4 is 5.73 Å². The van der Waals surface area contributed by atoms with Gasteiger partial charge in [0.2, 0.25) is 0 Å². The molecule has 0 radical (unpaired) electrons. The van der Waals surface area contributed by atoms with Crippen molar-refractivity contribution in [3.63, 3.8) is 0 Å². The Morgan fingerprint density at radius 1 is 1.35 bits per heavy atom. The predicted molar refractivity (Wildman–Crippen MR) is 72.7 cm³/mol. The zero-order valence-corrected chi connectivity index (χ0v) is 11.1. The molecule has 1 aliphatic carbocycles. The van der Waals surface area contributed by atoms with Crippen molar-refractivity contribution < 1.29 is 4.39 Å². The highest BCUT2D eigenvalue weighted by atomic mass is 32.2. The van der Waals surface area contributed by atoms with Crippen LogP contribution in [0.3, 0.4) is 0 Å². The van der Waals surface area contributed by atoms with Crippen LogP contribution >= 0.6 is 11.8 Å². The number of hydrogen-bond acceptors (Lipinski definition) is 2. The Morgan fingerprint density at radius 2 is 2.12 bits per heavy atom. The third kappa shape index (κ3) is 3.15. The fourth-order valence-corrected chi connectivity index (χ4v) is 4.02. The molecule has 2 rings (SSSR count). The maximum absolute atomic E-state index is 13.7. The summed E-state index contributed by atoms with van der Waals surface area (Å²) in [5, 5.41) is 0.576. The summed E-state index contributed by atoms with van der Waals surface area (Å²) < 4.78 is 13.7. The summed E-state index contributed by atoms with van der Waals surface area (Å²) in [6.45, 7) is 2.24. The molecule has 1 aromatic carbocycles. The molecule has 0 spiro atoms. The molecule has 2 atom stereocenters. The summed E-state index contributed by atoms with van der Waals surface area (Å²) in [5.41, 5.74) is 6.07. The van der Waals surface area contributed by atoms with Gasteiger partial charge in [-0.15, -0.1) is 11.8 Å². The molecule has 1 aliphatic rings. The normalized spacial score (nSPS) is 24.8. The van der Waals surface area contributed by atoms with Gasteiger partial charge in [0, 0.05) is 15.8 Å². The largest absolute Gasteiger partial charge is 0.399 e. The second-order valence-electron chi connectivity index (χ2n) is 4.80. The molecule has 0 aromatic heterocycles. The molecule has 3 heteroatoms. The van der Waals surface area contributed by atoms with E-state index in [1.807, 2.05) is 6.07 Å². The fraction of sp³-hybridized carbons (Fsp3) is 0.571. The zero-order chi connectivity index (χ0) is 12.3. The molecule has 17 heavy (non-hydrogen) atoms. The lowest BCUT2D eigenvalue weighted by Crippen LogP contribution is -2.21. The van der Waals surface area contributed by atoms with Gasteiger partial charge in [0.05, 0.1) is 0 Å². The molecular formula is C14H20FNS. The molecule has 1 fully saturated rings. The van der Waals surface area contributed by atoms with E-state index in [-0.39, 0.29) is 5.82 Å². The minimum atomic E-state index is -0.171. The Morgan fingerprint density at radius 3 is 2.82 bits per heavy atom. The summed E-state index contributed by atoms with van der Waals surface area (Å²) in [6.07, 6.45) is 6.33. The first-order chi connectivity index (χ1) is 8.20. The molecule has 1 saturated carbocycles. The molecule has 1 nitrogen and oxygen atoms in total. The highest BCUT2D eigenvalue weighted by molar-refractivity contribution is 8.00. The Balaban J connectivity index is 2.08. The van der Waals surface area contributed by atoms with Crippen molar-refractivity contribution in [3.05, 3.63) is 24.0 Å². The average Bonchev–Trinajstić information content (AvgIpc) is 2.33. The lowest BCUT2D eigenvalue weighted by Gasteiger charge is -2.30. The quantitative estimate of drug-likeness (QED) is 0.804. The van der Waals surface area contributed by atoms with E-state index in [1.54, 1.807) is 17.8 Å². The molecule has 0 amide bonds. The zero-order valence-electron chi connectivity index (χ0n) is 10.3. The fourth-order valence-electron chi connectivity index (χ4n) is 2.57. The van der Waals surface area contributed by atoms with E-state index in [2.05, 4.69) is 6.92 Å². The van der Waals surface area contributed by atoms with Crippen molar-refractivity contribution in [2.24, 2.45) is 5.92 Å². The summed E-state index contributed by atoms with van der Waals surface area (Å²) in [4.78, 5) is 0.754. The highest BCUT2D eigenvalue weighted by Gasteiger charge is 2.25. The van der Waals surface area contributed by atoms with Gasteiger partial charge in [-0.05, 0) is 37.0 Å². The van der Waals surface area contributed by atoms with Gasteiger partial charge in [0.15, 0.2) is 0 Å². The number of rotatable bonds is 3. The maximum atomic E-state index is 13.7. The van der Waals surface area contributed by atoms with Crippen LogP contribution in [-0.4, -0.2) is 5.25 Å². The Labute approximate surface area is 107 Å². The van der Waals surface area contributed by atoms with Gasteiger partial charge < -0.3 is 5.73 Å². The SMILES string of the molecule is CCC1CCCCC1Sc1ccc(N)cc1F. The van der Waals surface area contributed by atoms with Crippen molar-refractivity contribution in [2.75, 3.05) is 5.73 Å². The number of anilines is 1. The average molecular weight is 253 g/mol. The van der Waals surface area contributed by atoms with E-state index in [0.717, 1.165) is 10.8 Å². The van der Waals surface area contributed by atoms with Crippen molar-refractivity contribution in [1.29, 1.82) is 0 Å². The molecular weight excluding hydrogens is 233 g/mol. The van der Waals surface area contributed by atoms with Crippen molar-refractivity contribution in [2.45, 2.75) is 49.2 Å². The molecule has 2 unspecified atom stereocenters. The second kappa shape index (κ2) is 5.76. The molecule has 0 saturated heterocycles. The summed E-state index contributed by atoms with van der Waals surface area (Å²) in [7, 11) is 0. The third-order valence-corrected chi connectivity index (χ3v) is 5.11. The molecule has 2 N–H and O–H groups in total. The minimum Gasteiger partial charge on any atom is -0.399 e. The van der Waals surface area contributed by atoms with Gasteiger partial charge in [-0.1, -0.05) is 26.2 Å². The third-order valence-electron chi connectivity index (χ3n) is 3.60. The van der Waals surface area contributed by atoms with Crippen LogP contribution in [0.25, 0.3) is 0 Å². The molecule has 0 bridgehead atoms. The number of nitrogen functional groups attached to an aromatic ring is 1. The lowest BCUT2D eigenvalue weighted by molar-refractivity contribution is 0.361. The van der Waals surface area contributed by atoms with Gasteiger partial charge in [-0.3, -0.25) is 0 Å². The van der Waals surface area contributed by atoms with Crippen molar-refractivity contribution in [1.82, 2.24) is 0 Å². The first-order valence-electron chi connectivity index (χ1n) is 6.42. The van der Waals surface area contributed by atoms with Crippen molar-refractivity contribution >= 4 is 17.4 Å². The molecule has 0 heterocycles. The van der Waals surface area contributed by atoms with Crippen LogP contribution in [0.4, 0.5) is 10.1 Å². The second-order valence-corrected chi connectivity index (χ2v) is 6.08. The Kier molecular flexibility index (Phi) is 4.32. The number of benzene rings is 1. The van der Waals surface area contributed by atoms with E-state index < -0.39 is 0 Å². The predicted octanol–water partition coefficient (Wildman–Crippen LogP) is 4.47. The Hall–Kier alpha value is -0.700.